The number of hydrogen-bond donors (Lipinski definition) is 4. The molecule has 9 nitrogen and oxygen atoms in total. The Morgan fingerprint density at radius 1 is 1.36 bits per heavy atom. The first-order valence-corrected chi connectivity index (χ1v) is 8.67. The second-order valence-corrected chi connectivity index (χ2v) is 6.73. The second kappa shape index (κ2) is 8.59. The number of anilines is 2. The Balaban J connectivity index is 2.47. The van der Waals surface area contributed by atoms with E-state index in [-0.39, 0.29) is 34.8 Å². The van der Waals surface area contributed by atoms with Crippen molar-refractivity contribution in [2.24, 2.45) is 0 Å². The van der Waals surface area contributed by atoms with E-state index in [1.807, 2.05) is 6.92 Å². The number of halogens is 1. The van der Waals surface area contributed by atoms with Gasteiger partial charge in [-0.15, -0.1) is 0 Å². The van der Waals surface area contributed by atoms with E-state index in [0.717, 1.165) is 19.0 Å². The fourth-order valence-electron chi connectivity index (χ4n) is 2.90. The molecule has 0 saturated carbocycles. The number of fused-ring (bicyclic) bond motifs is 1. The smallest absolute Gasteiger partial charge is 0.331 e. The molecule has 0 aliphatic carbocycles. The Hall–Kier alpha value is -3.30. The topological polar surface area (TPSA) is 151 Å². The van der Waals surface area contributed by atoms with Crippen molar-refractivity contribution in [3.63, 3.8) is 0 Å². The zero-order chi connectivity index (χ0) is 20.9. The minimum absolute atomic E-state index is 0.0821. The number of nitrogens with two attached hydrogens (primary N) is 1. The fraction of sp³-hybridized carbons (Fsp3) is 0.389. The quantitative estimate of drug-likeness (QED) is 0.473. The maximum absolute atomic E-state index is 13.5. The lowest BCUT2D eigenvalue weighted by atomic mass is 9.87. The molecule has 0 aromatic carbocycles. The maximum atomic E-state index is 13.5. The summed E-state index contributed by atoms with van der Waals surface area (Å²) in [5.74, 6) is -3.12. The molecule has 0 radical (unpaired) electrons. The Bertz CT molecular complexity index is 928. The molecule has 2 aromatic rings. The standard InChI is InChI=1S/C18H22FN5O4/c1-3-4-5-18(2,8-10(16(27)28)6-13(25)26)24-15-14-12(22-17(20)23-15)7-11(19)9-21-14/h6-7,9H,3-5,8H2,1-2H3,(H,25,26)(H,27,28)(H3,20,22,23,24)/b10-6+/t18-/m1/s1. The molecule has 0 spiro atoms. The van der Waals surface area contributed by atoms with Gasteiger partial charge in [0.2, 0.25) is 5.95 Å². The van der Waals surface area contributed by atoms with Gasteiger partial charge in [0.05, 0.1) is 11.7 Å². The zero-order valence-corrected chi connectivity index (χ0v) is 15.6. The average Bonchev–Trinajstić information content (AvgIpc) is 2.58. The van der Waals surface area contributed by atoms with E-state index >= 15 is 0 Å². The highest BCUT2D eigenvalue weighted by Gasteiger charge is 2.29. The number of aliphatic carboxylic acids is 2. The summed E-state index contributed by atoms with van der Waals surface area (Å²) in [4.78, 5) is 34.6. The summed E-state index contributed by atoms with van der Waals surface area (Å²) in [6.07, 6.45) is 3.74. The summed E-state index contributed by atoms with van der Waals surface area (Å²) in [6.45, 7) is 3.74. The molecule has 0 amide bonds. The highest BCUT2D eigenvalue weighted by molar-refractivity contribution is 5.95. The van der Waals surface area contributed by atoms with Crippen molar-refractivity contribution in [2.75, 3.05) is 11.1 Å². The zero-order valence-electron chi connectivity index (χ0n) is 15.6. The van der Waals surface area contributed by atoms with Crippen LogP contribution < -0.4 is 11.1 Å². The third-order valence-electron chi connectivity index (χ3n) is 4.18. The monoisotopic (exact) mass is 391 g/mol. The number of nitrogens with zero attached hydrogens (tertiary/aromatic N) is 3. The van der Waals surface area contributed by atoms with Crippen LogP contribution in [0.3, 0.4) is 0 Å². The van der Waals surface area contributed by atoms with E-state index < -0.39 is 23.3 Å². The lowest BCUT2D eigenvalue weighted by Gasteiger charge is -2.32. The molecule has 0 bridgehead atoms. The van der Waals surface area contributed by atoms with Gasteiger partial charge in [0.25, 0.3) is 0 Å². The first-order valence-electron chi connectivity index (χ1n) is 8.67. The number of carbonyl (C=O) groups is 2. The number of carboxylic acids is 2. The van der Waals surface area contributed by atoms with E-state index in [4.69, 9.17) is 10.8 Å². The molecule has 150 valence electrons. The predicted octanol–water partition coefficient (Wildman–Crippen LogP) is 2.59. The van der Waals surface area contributed by atoms with E-state index in [0.29, 0.717) is 12.5 Å². The molecule has 0 fully saturated rings. The molecule has 2 rings (SSSR count). The molecule has 28 heavy (non-hydrogen) atoms. The van der Waals surface area contributed by atoms with Crippen LogP contribution in [-0.2, 0) is 9.59 Å². The summed E-state index contributed by atoms with van der Waals surface area (Å²) < 4.78 is 13.5. The summed E-state index contributed by atoms with van der Waals surface area (Å²) in [5.41, 5.74) is 5.07. The number of rotatable bonds is 9. The van der Waals surface area contributed by atoms with E-state index in [1.165, 1.54) is 6.07 Å². The molecule has 2 aromatic heterocycles. The van der Waals surface area contributed by atoms with Gasteiger partial charge in [0.15, 0.2) is 5.82 Å². The maximum Gasteiger partial charge on any atom is 0.331 e. The van der Waals surface area contributed by atoms with Crippen molar-refractivity contribution in [2.45, 2.75) is 45.1 Å². The number of nitrogens with one attached hydrogen (secondary N) is 1. The van der Waals surface area contributed by atoms with Gasteiger partial charge in [0, 0.05) is 29.7 Å². The highest BCUT2D eigenvalue weighted by Crippen LogP contribution is 2.30. The third kappa shape index (κ3) is 5.35. The number of nitrogen functional groups attached to an aromatic ring is 1. The number of hydrogen-bond acceptors (Lipinski definition) is 7. The van der Waals surface area contributed by atoms with Gasteiger partial charge in [-0.2, -0.15) is 4.98 Å². The number of pyridine rings is 1. The molecule has 1 atom stereocenters. The molecule has 10 heteroatoms. The Labute approximate surface area is 160 Å². The molecule has 2 heterocycles. The van der Waals surface area contributed by atoms with Crippen LogP contribution in [0.1, 0.15) is 39.5 Å². The van der Waals surface area contributed by atoms with Crippen LogP contribution in [-0.4, -0.2) is 42.6 Å². The van der Waals surface area contributed by atoms with Crippen molar-refractivity contribution in [1.29, 1.82) is 0 Å². The Kier molecular flexibility index (Phi) is 6.45. The van der Waals surface area contributed by atoms with Gasteiger partial charge in [-0.1, -0.05) is 19.8 Å². The Morgan fingerprint density at radius 2 is 2.07 bits per heavy atom. The van der Waals surface area contributed by atoms with E-state index in [9.17, 15) is 19.1 Å². The van der Waals surface area contributed by atoms with Crippen LogP contribution in [0.15, 0.2) is 23.9 Å². The van der Waals surface area contributed by atoms with Crippen molar-refractivity contribution < 1.29 is 24.2 Å². The summed E-state index contributed by atoms with van der Waals surface area (Å²) in [6, 6.07) is 1.17. The van der Waals surface area contributed by atoms with Crippen LogP contribution in [0.5, 0.6) is 0 Å². The molecule has 0 aliphatic heterocycles. The van der Waals surface area contributed by atoms with E-state index in [2.05, 4.69) is 20.3 Å². The third-order valence-corrected chi connectivity index (χ3v) is 4.18. The van der Waals surface area contributed by atoms with Gasteiger partial charge in [-0.05, 0) is 13.3 Å². The van der Waals surface area contributed by atoms with Gasteiger partial charge in [-0.25, -0.2) is 23.9 Å². The minimum atomic E-state index is -1.34. The molecule has 0 unspecified atom stereocenters. The molecular formula is C18H22FN5O4. The molecule has 0 saturated heterocycles. The van der Waals surface area contributed by atoms with Crippen LogP contribution in [0.25, 0.3) is 11.0 Å². The van der Waals surface area contributed by atoms with E-state index in [1.54, 1.807) is 6.92 Å². The van der Waals surface area contributed by atoms with Crippen molar-refractivity contribution in [3.05, 3.63) is 29.7 Å². The van der Waals surface area contributed by atoms with Crippen molar-refractivity contribution in [1.82, 2.24) is 15.0 Å². The summed E-state index contributed by atoms with van der Waals surface area (Å²) >= 11 is 0. The van der Waals surface area contributed by atoms with Crippen LogP contribution in [0.4, 0.5) is 16.2 Å². The number of unbranched alkanes of at least 4 members (excludes halogenated alkanes) is 1. The predicted molar refractivity (Wildman–Crippen MR) is 101 cm³/mol. The molecule has 5 N–H and O–H groups in total. The van der Waals surface area contributed by atoms with Gasteiger partial charge >= 0.3 is 11.9 Å². The van der Waals surface area contributed by atoms with Crippen LogP contribution in [0.2, 0.25) is 0 Å². The van der Waals surface area contributed by atoms with Crippen molar-refractivity contribution in [3.8, 4) is 0 Å². The van der Waals surface area contributed by atoms with Gasteiger partial charge < -0.3 is 21.3 Å². The van der Waals surface area contributed by atoms with Gasteiger partial charge in [-0.3, -0.25) is 0 Å². The van der Waals surface area contributed by atoms with Crippen LogP contribution >= 0.6 is 0 Å². The normalized spacial score (nSPS) is 13.9. The fourth-order valence-corrected chi connectivity index (χ4v) is 2.90. The summed E-state index contributed by atoms with van der Waals surface area (Å²) in [7, 11) is 0. The SMILES string of the molecule is CCCC[C@](C)(C/C(=C\C(=O)O)C(=O)O)Nc1nc(N)nc2cc(F)cnc12. The van der Waals surface area contributed by atoms with Crippen molar-refractivity contribution >= 4 is 34.7 Å². The van der Waals surface area contributed by atoms with Gasteiger partial charge in [0.1, 0.15) is 11.3 Å². The highest BCUT2D eigenvalue weighted by atomic mass is 19.1. The lowest BCUT2D eigenvalue weighted by molar-refractivity contribution is -0.135. The summed E-state index contributed by atoms with van der Waals surface area (Å²) in [5, 5.41) is 21.5. The second-order valence-electron chi connectivity index (χ2n) is 6.73. The molecular weight excluding hydrogens is 369 g/mol. The van der Waals surface area contributed by atoms with Crippen LogP contribution in [0, 0.1) is 5.82 Å². The largest absolute Gasteiger partial charge is 0.478 e. The number of carboxylic acid groups (broad SMARTS) is 2. The average molecular weight is 391 g/mol. The first-order chi connectivity index (χ1) is 13.1. The lowest BCUT2D eigenvalue weighted by Crippen LogP contribution is -2.37. The molecule has 0 aliphatic rings. The first kappa shape index (κ1) is 21.0. The minimum Gasteiger partial charge on any atom is -0.478 e. The Morgan fingerprint density at radius 3 is 2.68 bits per heavy atom. The number of aromatic nitrogens is 3.